The Morgan fingerprint density at radius 2 is 2.12 bits per heavy atom. The second-order valence-corrected chi connectivity index (χ2v) is 4.52. The Morgan fingerprint density at radius 3 is 2.81 bits per heavy atom. The highest BCUT2D eigenvalue weighted by atomic mass is 16.5. The first kappa shape index (κ1) is 11.7. The van der Waals surface area contributed by atoms with E-state index in [4.69, 9.17) is 4.74 Å². The van der Waals surface area contributed by atoms with E-state index in [9.17, 15) is 4.79 Å². The molecule has 2 unspecified atom stereocenters. The zero-order chi connectivity index (χ0) is 11.2. The monoisotopic (exact) mass is 227 g/mol. The lowest BCUT2D eigenvalue weighted by Gasteiger charge is -2.27. The molecular weight excluding hydrogens is 206 g/mol. The second-order valence-electron chi connectivity index (χ2n) is 4.52. The van der Waals surface area contributed by atoms with E-state index >= 15 is 0 Å². The van der Waals surface area contributed by atoms with Gasteiger partial charge in [0.1, 0.15) is 6.23 Å². The lowest BCUT2D eigenvalue weighted by molar-refractivity contribution is 0.00209. The first-order valence-corrected chi connectivity index (χ1v) is 6.24. The van der Waals surface area contributed by atoms with Crippen molar-refractivity contribution in [3.05, 3.63) is 0 Å². The predicted octanol–water partition coefficient (Wildman–Crippen LogP) is 0.564. The molecule has 2 fully saturated rings. The predicted molar refractivity (Wildman–Crippen MR) is 61.2 cm³/mol. The van der Waals surface area contributed by atoms with Crippen LogP contribution in [0.2, 0.25) is 0 Å². The van der Waals surface area contributed by atoms with Gasteiger partial charge in [0.15, 0.2) is 0 Å². The van der Waals surface area contributed by atoms with Crippen LogP contribution >= 0.6 is 0 Å². The van der Waals surface area contributed by atoms with Gasteiger partial charge < -0.3 is 20.7 Å². The molecule has 2 saturated heterocycles. The first-order chi connectivity index (χ1) is 7.84. The highest BCUT2D eigenvalue weighted by molar-refractivity contribution is 5.74. The summed E-state index contributed by atoms with van der Waals surface area (Å²) in [6.45, 7) is 2.69. The normalized spacial score (nSPS) is 30.8. The first-order valence-electron chi connectivity index (χ1n) is 6.24. The molecular formula is C11H21N3O2. The second kappa shape index (κ2) is 6.06. The molecule has 16 heavy (non-hydrogen) atoms. The van der Waals surface area contributed by atoms with Crippen LogP contribution in [0.1, 0.15) is 32.1 Å². The molecule has 0 aromatic heterocycles. The van der Waals surface area contributed by atoms with Gasteiger partial charge >= 0.3 is 6.03 Å². The summed E-state index contributed by atoms with van der Waals surface area (Å²) in [5, 5.41) is 9.11. The summed E-state index contributed by atoms with van der Waals surface area (Å²) >= 11 is 0. The van der Waals surface area contributed by atoms with Crippen molar-refractivity contribution < 1.29 is 9.53 Å². The molecule has 2 heterocycles. The Bertz CT molecular complexity index is 201. The largest absolute Gasteiger partial charge is 0.358 e. The van der Waals surface area contributed by atoms with Crippen LogP contribution in [0.5, 0.6) is 0 Å². The zero-order valence-corrected chi connectivity index (χ0v) is 9.63. The van der Waals surface area contributed by atoms with Crippen molar-refractivity contribution in [3.8, 4) is 0 Å². The molecule has 0 aliphatic carbocycles. The van der Waals surface area contributed by atoms with Crippen molar-refractivity contribution in [2.45, 2.75) is 44.4 Å². The number of nitrogens with one attached hydrogen (secondary N) is 3. The third-order valence-corrected chi connectivity index (χ3v) is 3.10. The molecule has 5 heteroatoms. The van der Waals surface area contributed by atoms with Crippen molar-refractivity contribution in [2.75, 3.05) is 19.7 Å². The van der Waals surface area contributed by atoms with E-state index in [2.05, 4.69) is 16.0 Å². The van der Waals surface area contributed by atoms with E-state index in [-0.39, 0.29) is 18.3 Å². The highest BCUT2D eigenvalue weighted by Crippen LogP contribution is 2.10. The van der Waals surface area contributed by atoms with Gasteiger partial charge in [-0.2, -0.15) is 0 Å². The summed E-state index contributed by atoms with van der Waals surface area (Å²) in [4.78, 5) is 11.6. The fourth-order valence-electron chi connectivity index (χ4n) is 2.20. The third kappa shape index (κ3) is 3.64. The molecule has 0 spiro atoms. The van der Waals surface area contributed by atoms with Gasteiger partial charge in [0.05, 0.1) is 0 Å². The van der Waals surface area contributed by atoms with E-state index in [1.54, 1.807) is 0 Å². The van der Waals surface area contributed by atoms with E-state index in [1.807, 2.05) is 0 Å². The van der Waals surface area contributed by atoms with Gasteiger partial charge in [-0.3, -0.25) is 0 Å². The molecule has 92 valence electrons. The Labute approximate surface area is 96.3 Å². The Kier molecular flexibility index (Phi) is 4.42. The van der Waals surface area contributed by atoms with Crippen LogP contribution in [-0.2, 0) is 4.74 Å². The summed E-state index contributed by atoms with van der Waals surface area (Å²) in [6.07, 6.45) is 5.26. The van der Waals surface area contributed by atoms with E-state index < -0.39 is 0 Å². The van der Waals surface area contributed by atoms with Gasteiger partial charge in [-0.05, 0) is 38.6 Å². The van der Waals surface area contributed by atoms with Crippen LogP contribution in [0.4, 0.5) is 4.79 Å². The third-order valence-electron chi connectivity index (χ3n) is 3.10. The molecule has 0 aromatic carbocycles. The molecule has 2 atom stereocenters. The van der Waals surface area contributed by atoms with Crippen LogP contribution in [0.15, 0.2) is 0 Å². The Hall–Kier alpha value is -0.810. The lowest BCUT2D eigenvalue weighted by Crippen LogP contribution is -2.52. The maximum absolute atomic E-state index is 11.6. The van der Waals surface area contributed by atoms with Crippen LogP contribution in [0.25, 0.3) is 0 Å². The molecule has 3 N–H and O–H groups in total. The maximum Gasteiger partial charge on any atom is 0.317 e. The van der Waals surface area contributed by atoms with E-state index in [1.165, 1.54) is 0 Å². The summed E-state index contributed by atoms with van der Waals surface area (Å²) in [6, 6.07) is 0.165. The fraction of sp³-hybridized carbons (Fsp3) is 0.909. The SMILES string of the molecule is O=C(NC1CCCNC1)NC1CCCCO1. The van der Waals surface area contributed by atoms with Gasteiger partial charge in [-0.15, -0.1) is 0 Å². The number of urea groups is 1. The number of amides is 2. The van der Waals surface area contributed by atoms with Gasteiger partial charge in [0, 0.05) is 19.2 Å². The number of hydrogen-bond acceptors (Lipinski definition) is 3. The fourth-order valence-corrected chi connectivity index (χ4v) is 2.20. The van der Waals surface area contributed by atoms with Crippen molar-refractivity contribution in [3.63, 3.8) is 0 Å². The van der Waals surface area contributed by atoms with Crippen LogP contribution in [-0.4, -0.2) is 38.0 Å². The minimum absolute atomic E-state index is 0.0923. The molecule has 5 nitrogen and oxygen atoms in total. The van der Waals surface area contributed by atoms with E-state index in [0.29, 0.717) is 0 Å². The average molecular weight is 227 g/mol. The summed E-state index contributed by atoms with van der Waals surface area (Å²) in [5.74, 6) is 0. The molecule has 2 aliphatic rings. The Morgan fingerprint density at radius 1 is 1.19 bits per heavy atom. The van der Waals surface area contributed by atoms with Gasteiger partial charge in [-0.25, -0.2) is 4.79 Å². The van der Waals surface area contributed by atoms with Crippen molar-refractivity contribution in [1.29, 1.82) is 0 Å². The van der Waals surface area contributed by atoms with Crippen molar-refractivity contribution in [1.82, 2.24) is 16.0 Å². The molecule has 2 amide bonds. The maximum atomic E-state index is 11.6. The summed E-state index contributed by atoms with van der Waals surface area (Å²) in [7, 11) is 0. The smallest absolute Gasteiger partial charge is 0.317 e. The minimum atomic E-state index is -0.0967. The highest BCUT2D eigenvalue weighted by Gasteiger charge is 2.19. The van der Waals surface area contributed by atoms with Crippen LogP contribution in [0.3, 0.4) is 0 Å². The number of ether oxygens (including phenoxy) is 1. The van der Waals surface area contributed by atoms with Crippen molar-refractivity contribution in [2.24, 2.45) is 0 Å². The minimum Gasteiger partial charge on any atom is -0.358 e. The van der Waals surface area contributed by atoms with Crippen LogP contribution in [0, 0.1) is 0 Å². The topological polar surface area (TPSA) is 62.4 Å². The standard InChI is InChI=1S/C11H21N3O2/c15-11(13-9-4-3-6-12-8-9)14-10-5-1-2-7-16-10/h9-10,12H,1-8H2,(H2,13,14,15). The quantitative estimate of drug-likeness (QED) is 0.646. The number of piperidine rings is 1. The average Bonchev–Trinajstić information content (AvgIpc) is 2.31. The summed E-state index contributed by atoms with van der Waals surface area (Å²) < 4.78 is 5.45. The van der Waals surface area contributed by atoms with Crippen LogP contribution < -0.4 is 16.0 Å². The zero-order valence-electron chi connectivity index (χ0n) is 9.63. The van der Waals surface area contributed by atoms with Gasteiger partial charge in [-0.1, -0.05) is 0 Å². The molecule has 2 rings (SSSR count). The van der Waals surface area contributed by atoms with E-state index in [0.717, 1.165) is 51.8 Å². The molecule has 0 saturated carbocycles. The molecule has 0 radical (unpaired) electrons. The Balaban J connectivity index is 1.66. The van der Waals surface area contributed by atoms with Gasteiger partial charge in [0.2, 0.25) is 0 Å². The number of carbonyl (C=O) groups excluding carboxylic acids is 1. The molecule has 2 aliphatic heterocycles. The summed E-state index contributed by atoms with van der Waals surface area (Å²) in [5.41, 5.74) is 0. The number of rotatable bonds is 2. The number of carbonyl (C=O) groups is 1. The van der Waals surface area contributed by atoms with Gasteiger partial charge in [0.25, 0.3) is 0 Å². The number of hydrogen-bond donors (Lipinski definition) is 3. The van der Waals surface area contributed by atoms with Crippen molar-refractivity contribution >= 4 is 6.03 Å². The molecule has 0 bridgehead atoms. The lowest BCUT2D eigenvalue weighted by atomic mass is 10.1. The molecule has 0 aromatic rings.